The Labute approximate surface area is 126 Å². The van der Waals surface area contributed by atoms with E-state index in [9.17, 15) is 8.42 Å². The number of aromatic nitrogens is 2. The minimum absolute atomic E-state index is 0.0222. The highest BCUT2D eigenvalue weighted by Crippen LogP contribution is 2.28. The van der Waals surface area contributed by atoms with Crippen LogP contribution in [0.3, 0.4) is 0 Å². The van der Waals surface area contributed by atoms with Crippen molar-refractivity contribution in [2.75, 3.05) is 18.0 Å². The molecule has 1 atom stereocenters. The molecule has 21 heavy (non-hydrogen) atoms. The van der Waals surface area contributed by atoms with Crippen LogP contribution >= 0.6 is 0 Å². The standard InChI is InChI=1S/C14H22N4O2S/c1-10-8-15-11(2)14(16-10)18-7-3-4-12(9-18)17-21(19,20)13-5-6-13/h8,12-13,17H,3-7,9H2,1-2H3. The van der Waals surface area contributed by atoms with Gasteiger partial charge in [0.2, 0.25) is 10.0 Å². The number of sulfonamides is 1. The summed E-state index contributed by atoms with van der Waals surface area (Å²) in [7, 11) is -3.12. The minimum atomic E-state index is -3.12. The molecule has 0 spiro atoms. The van der Waals surface area contributed by atoms with Gasteiger partial charge in [0.1, 0.15) is 5.82 Å². The van der Waals surface area contributed by atoms with Crippen LogP contribution in [0, 0.1) is 13.8 Å². The molecule has 0 amide bonds. The molecule has 1 saturated carbocycles. The average Bonchev–Trinajstić information content (AvgIpc) is 3.26. The molecule has 2 heterocycles. The summed E-state index contributed by atoms with van der Waals surface area (Å²) >= 11 is 0. The van der Waals surface area contributed by atoms with E-state index in [-0.39, 0.29) is 11.3 Å². The fourth-order valence-corrected chi connectivity index (χ4v) is 4.40. The third-order valence-corrected chi connectivity index (χ3v) is 6.08. The number of nitrogens with zero attached hydrogens (tertiary/aromatic N) is 3. The van der Waals surface area contributed by atoms with Gasteiger partial charge in [0.05, 0.1) is 16.6 Å². The molecule has 2 fully saturated rings. The lowest BCUT2D eigenvalue weighted by Crippen LogP contribution is -2.49. The van der Waals surface area contributed by atoms with Crippen LogP contribution in [0.1, 0.15) is 37.1 Å². The van der Waals surface area contributed by atoms with Crippen molar-refractivity contribution < 1.29 is 8.42 Å². The first-order chi connectivity index (χ1) is 9.95. The molecule has 6 nitrogen and oxygen atoms in total. The Kier molecular flexibility index (Phi) is 3.88. The molecule has 1 aromatic heterocycles. The molecule has 1 unspecified atom stereocenters. The number of aryl methyl sites for hydroxylation is 2. The van der Waals surface area contributed by atoms with Crippen LogP contribution in [0.5, 0.6) is 0 Å². The van der Waals surface area contributed by atoms with Crippen LogP contribution in [-0.4, -0.2) is 42.8 Å². The maximum Gasteiger partial charge on any atom is 0.214 e. The number of rotatable bonds is 4. The lowest BCUT2D eigenvalue weighted by molar-refractivity contribution is 0.462. The smallest absolute Gasteiger partial charge is 0.214 e. The molecular formula is C14H22N4O2S. The monoisotopic (exact) mass is 310 g/mol. The van der Waals surface area contributed by atoms with Gasteiger partial charge < -0.3 is 4.90 Å². The van der Waals surface area contributed by atoms with Gasteiger partial charge in [-0.15, -0.1) is 0 Å². The molecule has 1 aliphatic carbocycles. The predicted molar refractivity (Wildman–Crippen MR) is 81.8 cm³/mol. The van der Waals surface area contributed by atoms with E-state index in [1.165, 1.54) is 0 Å². The van der Waals surface area contributed by atoms with Gasteiger partial charge in [0.15, 0.2) is 0 Å². The fraction of sp³-hybridized carbons (Fsp3) is 0.714. The molecule has 3 rings (SSSR count). The van der Waals surface area contributed by atoms with Gasteiger partial charge in [-0.1, -0.05) is 0 Å². The summed E-state index contributed by atoms with van der Waals surface area (Å²) in [5.74, 6) is 0.880. The zero-order valence-corrected chi connectivity index (χ0v) is 13.4. The van der Waals surface area contributed by atoms with Gasteiger partial charge in [-0.3, -0.25) is 4.98 Å². The van der Waals surface area contributed by atoms with Crippen molar-refractivity contribution in [2.24, 2.45) is 0 Å². The third-order valence-electron chi connectivity index (χ3n) is 4.07. The van der Waals surface area contributed by atoms with Crippen molar-refractivity contribution >= 4 is 15.8 Å². The van der Waals surface area contributed by atoms with Gasteiger partial charge in [0, 0.05) is 25.3 Å². The molecular weight excluding hydrogens is 288 g/mol. The maximum atomic E-state index is 12.1. The van der Waals surface area contributed by atoms with Crippen LogP contribution in [0.15, 0.2) is 6.20 Å². The van der Waals surface area contributed by atoms with E-state index < -0.39 is 10.0 Å². The summed E-state index contributed by atoms with van der Waals surface area (Å²) in [6.07, 6.45) is 5.21. The summed E-state index contributed by atoms with van der Waals surface area (Å²) in [4.78, 5) is 11.1. The van der Waals surface area contributed by atoms with E-state index >= 15 is 0 Å². The predicted octanol–water partition coefficient (Wildman–Crippen LogP) is 1.14. The molecule has 1 saturated heterocycles. The second-order valence-corrected chi connectivity index (χ2v) is 8.06. The Morgan fingerprint density at radius 1 is 1.29 bits per heavy atom. The van der Waals surface area contributed by atoms with Crippen LogP contribution < -0.4 is 9.62 Å². The maximum absolute atomic E-state index is 12.1. The average molecular weight is 310 g/mol. The molecule has 0 radical (unpaired) electrons. The van der Waals surface area contributed by atoms with Gasteiger partial charge >= 0.3 is 0 Å². The van der Waals surface area contributed by atoms with E-state index in [0.717, 1.165) is 49.4 Å². The summed E-state index contributed by atoms with van der Waals surface area (Å²) < 4.78 is 27.0. The number of piperidine rings is 1. The first kappa shape index (κ1) is 14.7. The van der Waals surface area contributed by atoms with Crippen LogP contribution in [0.25, 0.3) is 0 Å². The summed E-state index contributed by atoms with van der Waals surface area (Å²) in [5, 5.41) is -0.159. The highest BCUT2D eigenvalue weighted by atomic mass is 32.2. The summed E-state index contributed by atoms with van der Waals surface area (Å²) in [6, 6.07) is -0.0222. The molecule has 0 bridgehead atoms. The van der Waals surface area contributed by atoms with E-state index in [1.807, 2.05) is 13.8 Å². The summed E-state index contributed by atoms with van der Waals surface area (Å²) in [6.45, 7) is 5.44. The highest BCUT2D eigenvalue weighted by molar-refractivity contribution is 7.90. The van der Waals surface area contributed by atoms with Crippen molar-refractivity contribution in [3.8, 4) is 0 Å². The molecule has 1 aromatic rings. The topological polar surface area (TPSA) is 75.2 Å². The van der Waals surface area contributed by atoms with Crippen molar-refractivity contribution in [1.29, 1.82) is 0 Å². The second kappa shape index (κ2) is 5.53. The van der Waals surface area contributed by atoms with Crippen LogP contribution in [-0.2, 0) is 10.0 Å². The van der Waals surface area contributed by atoms with Gasteiger partial charge in [-0.2, -0.15) is 0 Å². The molecule has 1 N–H and O–H groups in total. The zero-order valence-electron chi connectivity index (χ0n) is 12.5. The van der Waals surface area contributed by atoms with Crippen molar-refractivity contribution in [2.45, 2.75) is 50.8 Å². The Morgan fingerprint density at radius 3 is 2.76 bits per heavy atom. The molecule has 2 aliphatic rings. The Balaban J connectivity index is 1.72. The van der Waals surface area contributed by atoms with Gasteiger partial charge in [-0.05, 0) is 39.5 Å². The number of anilines is 1. The van der Waals surface area contributed by atoms with E-state index in [1.54, 1.807) is 6.20 Å². The lowest BCUT2D eigenvalue weighted by atomic mass is 10.1. The second-order valence-electron chi connectivity index (χ2n) is 6.07. The first-order valence-electron chi connectivity index (χ1n) is 7.52. The summed E-state index contributed by atoms with van der Waals surface area (Å²) in [5.41, 5.74) is 1.78. The quantitative estimate of drug-likeness (QED) is 0.903. The Morgan fingerprint density at radius 2 is 2.05 bits per heavy atom. The molecule has 7 heteroatoms. The van der Waals surface area contributed by atoms with Gasteiger partial charge in [-0.25, -0.2) is 18.1 Å². The van der Waals surface area contributed by atoms with Crippen molar-refractivity contribution in [3.05, 3.63) is 17.6 Å². The van der Waals surface area contributed by atoms with E-state index in [4.69, 9.17) is 0 Å². The zero-order chi connectivity index (χ0) is 15.0. The normalized spacial score (nSPS) is 23.3. The van der Waals surface area contributed by atoms with Gasteiger partial charge in [0.25, 0.3) is 0 Å². The number of hydrogen-bond donors (Lipinski definition) is 1. The Bertz CT molecular complexity index is 628. The molecule has 0 aromatic carbocycles. The van der Waals surface area contributed by atoms with Crippen molar-refractivity contribution in [1.82, 2.24) is 14.7 Å². The number of nitrogens with one attached hydrogen (secondary N) is 1. The Hall–Kier alpha value is -1.21. The minimum Gasteiger partial charge on any atom is -0.354 e. The largest absolute Gasteiger partial charge is 0.354 e. The first-order valence-corrected chi connectivity index (χ1v) is 9.06. The number of hydrogen-bond acceptors (Lipinski definition) is 5. The fourth-order valence-electron chi connectivity index (χ4n) is 2.80. The van der Waals surface area contributed by atoms with Crippen LogP contribution in [0.4, 0.5) is 5.82 Å². The van der Waals surface area contributed by atoms with E-state index in [0.29, 0.717) is 6.54 Å². The van der Waals surface area contributed by atoms with E-state index in [2.05, 4.69) is 19.6 Å². The molecule has 116 valence electrons. The molecule has 1 aliphatic heterocycles. The SMILES string of the molecule is Cc1cnc(C)c(N2CCCC(NS(=O)(=O)C3CC3)C2)n1. The third kappa shape index (κ3) is 3.35. The lowest BCUT2D eigenvalue weighted by Gasteiger charge is -2.34. The highest BCUT2D eigenvalue weighted by Gasteiger charge is 2.37. The van der Waals surface area contributed by atoms with Crippen molar-refractivity contribution in [3.63, 3.8) is 0 Å². The van der Waals surface area contributed by atoms with Crippen LogP contribution in [0.2, 0.25) is 0 Å².